The Labute approximate surface area is 148 Å². The second-order valence-corrected chi connectivity index (χ2v) is 8.99. The Bertz CT molecular complexity index is 666. The molecule has 2 aliphatic carbocycles. The molecule has 138 valence electrons. The summed E-state index contributed by atoms with van der Waals surface area (Å²) in [5, 5.41) is 21.6. The molecule has 2 N–H and O–H groups in total. The maximum Gasteiger partial charge on any atom is 0.310 e. The molecule has 0 amide bonds. The molecule has 1 aliphatic heterocycles. The van der Waals surface area contributed by atoms with Crippen molar-refractivity contribution in [3.63, 3.8) is 0 Å². The predicted molar refractivity (Wildman–Crippen MR) is 90.5 cm³/mol. The number of cyclic esters (lactones) is 1. The molecule has 0 spiro atoms. The van der Waals surface area contributed by atoms with E-state index >= 15 is 0 Å². The minimum atomic E-state index is -1.14. The Morgan fingerprint density at radius 3 is 2.64 bits per heavy atom. The molecule has 7 atom stereocenters. The third-order valence-corrected chi connectivity index (χ3v) is 7.93. The first-order chi connectivity index (χ1) is 11.7. The molecule has 2 heterocycles. The highest BCUT2D eigenvalue weighted by molar-refractivity contribution is 5.75. The Morgan fingerprint density at radius 2 is 1.96 bits per heavy atom. The lowest BCUT2D eigenvalue weighted by molar-refractivity contribution is -0.251. The number of aliphatic hydroxyl groups excluding tert-OH is 1. The van der Waals surface area contributed by atoms with E-state index in [-0.39, 0.29) is 29.3 Å². The van der Waals surface area contributed by atoms with E-state index in [0.29, 0.717) is 12.8 Å². The highest BCUT2D eigenvalue weighted by Gasteiger charge is 2.66. The van der Waals surface area contributed by atoms with Crippen molar-refractivity contribution < 1.29 is 24.2 Å². The van der Waals surface area contributed by atoms with E-state index in [4.69, 9.17) is 9.15 Å². The van der Waals surface area contributed by atoms with Crippen LogP contribution in [0, 0.1) is 22.7 Å². The summed E-state index contributed by atoms with van der Waals surface area (Å²) >= 11 is 0. The summed E-state index contributed by atoms with van der Waals surface area (Å²) < 4.78 is 10.9. The quantitative estimate of drug-likeness (QED) is 0.762. The van der Waals surface area contributed by atoms with E-state index in [9.17, 15) is 15.0 Å². The van der Waals surface area contributed by atoms with Gasteiger partial charge >= 0.3 is 5.97 Å². The molecule has 0 unspecified atom stereocenters. The Hall–Kier alpha value is -1.33. The Kier molecular flexibility index (Phi) is 3.65. The maximum absolute atomic E-state index is 12.8. The van der Waals surface area contributed by atoms with Gasteiger partial charge in [-0.3, -0.25) is 4.79 Å². The van der Waals surface area contributed by atoms with Crippen molar-refractivity contribution in [1.29, 1.82) is 0 Å². The van der Waals surface area contributed by atoms with Crippen LogP contribution >= 0.6 is 0 Å². The zero-order valence-electron chi connectivity index (χ0n) is 15.2. The van der Waals surface area contributed by atoms with Crippen molar-refractivity contribution in [3.8, 4) is 0 Å². The highest BCUT2D eigenvalue weighted by Crippen LogP contribution is 2.66. The van der Waals surface area contributed by atoms with Crippen LogP contribution in [0.25, 0.3) is 0 Å². The Morgan fingerprint density at radius 1 is 1.20 bits per heavy atom. The molecular formula is C20H28O5. The van der Waals surface area contributed by atoms with Crippen LogP contribution in [0.1, 0.15) is 64.5 Å². The molecular weight excluding hydrogens is 320 g/mol. The number of carbonyl (C=O) groups is 1. The van der Waals surface area contributed by atoms with E-state index in [0.717, 1.165) is 24.8 Å². The van der Waals surface area contributed by atoms with Crippen molar-refractivity contribution in [1.82, 2.24) is 0 Å². The first-order valence-corrected chi connectivity index (χ1v) is 9.33. The van der Waals surface area contributed by atoms with E-state index in [1.807, 2.05) is 6.07 Å². The number of carbonyl (C=O) groups excluding carboxylic acids is 1. The van der Waals surface area contributed by atoms with E-state index < -0.39 is 17.1 Å². The number of hydrogen-bond acceptors (Lipinski definition) is 5. The molecule has 1 aromatic rings. The number of furan rings is 1. The van der Waals surface area contributed by atoms with Gasteiger partial charge in [0.1, 0.15) is 6.10 Å². The summed E-state index contributed by atoms with van der Waals surface area (Å²) in [4.78, 5) is 12.8. The van der Waals surface area contributed by atoms with Crippen molar-refractivity contribution in [3.05, 3.63) is 24.2 Å². The molecule has 5 heteroatoms. The molecule has 0 radical (unpaired) electrons. The molecule has 25 heavy (non-hydrogen) atoms. The van der Waals surface area contributed by atoms with Gasteiger partial charge in [-0.05, 0) is 56.4 Å². The molecule has 5 nitrogen and oxygen atoms in total. The number of aliphatic hydroxyl groups is 2. The number of fused-ring (bicyclic) bond motifs is 3. The third-order valence-electron chi connectivity index (χ3n) is 7.93. The van der Waals surface area contributed by atoms with Gasteiger partial charge in [0.15, 0.2) is 0 Å². The number of ether oxygens (including phenoxy) is 1. The third kappa shape index (κ3) is 2.18. The summed E-state index contributed by atoms with van der Waals surface area (Å²) in [5.41, 5.74) is -0.915. The van der Waals surface area contributed by atoms with Gasteiger partial charge in [0.05, 0.1) is 30.1 Å². The van der Waals surface area contributed by atoms with E-state index in [1.165, 1.54) is 0 Å². The van der Waals surface area contributed by atoms with Crippen LogP contribution in [-0.2, 0) is 9.53 Å². The topological polar surface area (TPSA) is 79.9 Å². The van der Waals surface area contributed by atoms with Crippen LogP contribution in [0.2, 0.25) is 0 Å². The second-order valence-electron chi connectivity index (χ2n) is 8.99. The van der Waals surface area contributed by atoms with Crippen LogP contribution in [0.15, 0.2) is 23.0 Å². The maximum atomic E-state index is 12.8. The largest absolute Gasteiger partial charge is 0.472 e. The van der Waals surface area contributed by atoms with Crippen molar-refractivity contribution in [2.24, 2.45) is 22.7 Å². The molecule has 3 aliphatic rings. The average molecular weight is 348 g/mol. The van der Waals surface area contributed by atoms with E-state index in [1.54, 1.807) is 19.5 Å². The van der Waals surface area contributed by atoms with Crippen LogP contribution in [0.5, 0.6) is 0 Å². The number of esters is 1. The van der Waals surface area contributed by atoms with Gasteiger partial charge in [-0.2, -0.15) is 0 Å². The SMILES string of the molecule is C[C@]12C[C@H](c3ccoc3)OC(=O)[C@@H]1CC[C@]1(C)[C@@H]2CC[C@H](O)[C@@]1(C)O. The van der Waals surface area contributed by atoms with Gasteiger partial charge in [-0.25, -0.2) is 0 Å². The standard InChI is InChI=1S/C20H28O5/c1-18-10-14(12-7-9-24-11-12)25-17(22)13(18)6-8-19(2)15(18)4-5-16(21)20(19,3)23/h7,9,11,13-16,21,23H,4-6,8,10H2,1-3H3/t13-,14+,15+,16-,18-,19+,20+/m0/s1. The second kappa shape index (κ2) is 5.34. The fourth-order valence-electron chi connectivity index (χ4n) is 6.14. The number of hydrogen-bond donors (Lipinski definition) is 2. The molecule has 0 bridgehead atoms. The van der Waals surface area contributed by atoms with Gasteiger partial charge in [0.2, 0.25) is 0 Å². The normalized spacial score (nSPS) is 49.9. The smallest absolute Gasteiger partial charge is 0.310 e. The van der Waals surface area contributed by atoms with Crippen LogP contribution in [0.3, 0.4) is 0 Å². The predicted octanol–water partition coefficient (Wildman–Crippen LogP) is 3.21. The molecule has 2 saturated carbocycles. The molecule has 4 rings (SSSR count). The van der Waals surface area contributed by atoms with Crippen molar-refractivity contribution >= 4 is 5.97 Å². The molecule has 1 aromatic heterocycles. The highest BCUT2D eigenvalue weighted by atomic mass is 16.5. The Balaban J connectivity index is 1.74. The lowest BCUT2D eigenvalue weighted by atomic mass is 9.42. The van der Waals surface area contributed by atoms with Crippen molar-refractivity contribution in [2.45, 2.75) is 70.7 Å². The fourth-order valence-corrected chi connectivity index (χ4v) is 6.14. The monoisotopic (exact) mass is 348 g/mol. The molecule has 1 saturated heterocycles. The molecule has 3 fully saturated rings. The minimum absolute atomic E-state index is 0.132. The summed E-state index contributed by atoms with van der Waals surface area (Å²) in [7, 11) is 0. The van der Waals surface area contributed by atoms with E-state index in [2.05, 4.69) is 13.8 Å². The van der Waals surface area contributed by atoms with Gasteiger partial charge < -0.3 is 19.4 Å². The summed E-state index contributed by atoms with van der Waals surface area (Å²) in [6.07, 6.45) is 5.79. The van der Waals surface area contributed by atoms with Crippen molar-refractivity contribution in [2.75, 3.05) is 0 Å². The zero-order valence-corrected chi connectivity index (χ0v) is 15.2. The molecule has 0 aromatic carbocycles. The van der Waals surface area contributed by atoms with Crippen LogP contribution in [-0.4, -0.2) is 27.9 Å². The lowest BCUT2D eigenvalue weighted by Gasteiger charge is -2.64. The number of rotatable bonds is 1. The van der Waals surface area contributed by atoms with Gasteiger partial charge in [0, 0.05) is 11.0 Å². The fraction of sp³-hybridized carbons (Fsp3) is 0.750. The zero-order chi connectivity index (χ0) is 18.0. The first-order valence-electron chi connectivity index (χ1n) is 9.33. The van der Waals surface area contributed by atoms with Gasteiger partial charge in [-0.1, -0.05) is 13.8 Å². The van der Waals surface area contributed by atoms with Gasteiger partial charge in [-0.15, -0.1) is 0 Å². The first kappa shape index (κ1) is 17.1. The summed E-state index contributed by atoms with van der Waals surface area (Å²) in [6, 6.07) is 1.85. The average Bonchev–Trinajstić information content (AvgIpc) is 3.06. The van der Waals surface area contributed by atoms with Gasteiger partial charge in [0.25, 0.3) is 0 Å². The van der Waals surface area contributed by atoms with Crippen LogP contribution in [0.4, 0.5) is 0 Å². The van der Waals surface area contributed by atoms with Crippen LogP contribution < -0.4 is 0 Å². The summed E-state index contributed by atoms with van der Waals surface area (Å²) in [6.45, 7) is 6.04. The minimum Gasteiger partial charge on any atom is -0.472 e. The lowest BCUT2D eigenvalue weighted by Crippen LogP contribution is -2.66. The summed E-state index contributed by atoms with van der Waals surface area (Å²) in [5.74, 6) is -0.105.